The van der Waals surface area contributed by atoms with Crippen LogP contribution < -0.4 is 0 Å². The van der Waals surface area contributed by atoms with Crippen molar-refractivity contribution in [3.8, 4) is 0 Å². The molecule has 1 saturated heterocycles. The van der Waals surface area contributed by atoms with E-state index in [0.29, 0.717) is 39.6 Å². The van der Waals surface area contributed by atoms with E-state index in [1.165, 1.54) is 0 Å². The molecule has 0 aromatic heterocycles. The second-order valence-corrected chi connectivity index (χ2v) is 2.75. The zero-order valence-electron chi connectivity index (χ0n) is 6.38. The van der Waals surface area contributed by atoms with Crippen molar-refractivity contribution in [3.05, 3.63) is 0 Å². The van der Waals surface area contributed by atoms with Crippen molar-refractivity contribution in [2.45, 2.75) is 0 Å². The molecular weight excluding hydrogens is 164 g/mol. The second-order valence-electron chi connectivity index (χ2n) is 2.01. The van der Waals surface area contributed by atoms with E-state index in [4.69, 9.17) is 18.3 Å². The Balaban J connectivity index is 2.02. The van der Waals surface area contributed by atoms with E-state index in [0.717, 1.165) is 0 Å². The topological polar surface area (TPSA) is 36.9 Å². The normalized spacial score (nSPS) is 24.0. The van der Waals surface area contributed by atoms with Gasteiger partial charge >= 0.3 is 10.0 Å². The minimum absolute atomic E-state index is 0.120. The standard InChI is InChI=1S/C6H12O4Si/c1-2-8-4-6-10-11-9-5-3-7-1/h1-6H2. The fraction of sp³-hybridized carbons (Fsp3) is 1.00. The lowest BCUT2D eigenvalue weighted by molar-refractivity contribution is 0.0375. The first-order valence-electron chi connectivity index (χ1n) is 3.64. The summed E-state index contributed by atoms with van der Waals surface area (Å²) < 4.78 is 20.5. The van der Waals surface area contributed by atoms with E-state index in [2.05, 4.69) is 0 Å². The molecule has 0 bridgehead atoms. The molecule has 5 heteroatoms. The van der Waals surface area contributed by atoms with Gasteiger partial charge in [0.15, 0.2) is 0 Å². The summed E-state index contributed by atoms with van der Waals surface area (Å²) in [7, 11) is 0.120. The van der Waals surface area contributed by atoms with Gasteiger partial charge in [-0.05, 0) is 0 Å². The SMILES string of the molecule is C1COCCO[Si]OCCO1. The Hall–Kier alpha value is 0.0569. The summed E-state index contributed by atoms with van der Waals surface area (Å²) >= 11 is 0. The van der Waals surface area contributed by atoms with Crippen LogP contribution in [0.5, 0.6) is 0 Å². The molecule has 0 atom stereocenters. The smallest absolute Gasteiger partial charge is 0.390 e. The van der Waals surface area contributed by atoms with Gasteiger partial charge in [-0.3, -0.25) is 0 Å². The van der Waals surface area contributed by atoms with Crippen LogP contribution in [0.1, 0.15) is 0 Å². The summed E-state index contributed by atoms with van der Waals surface area (Å²) in [5.41, 5.74) is 0. The highest BCUT2D eigenvalue weighted by atomic mass is 28.3. The van der Waals surface area contributed by atoms with Crippen LogP contribution in [0.3, 0.4) is 0 Å². The molecule has 1 heterocycles. The van der Waals surface area contributed by atoms with Crippen molar-refractivity contribution in [2.75, 3.05) is 39.6 Å². The van der Waals surface area contributed by atoms with E-state index < -0.39 is 0 Å². The van der Waals surface area contributed by atoms with Crippen LogP contribution in [0, 0.1) is 0 Å². The van der Waals surface area contributed by atoms with E-state index in [-0.39, 0.29) is 10.0 Å². The number of ether oxygens (including phenoxy) is 2. The minimum Gasteiger partial charge on any atom is -0.390 e. The van der Waals surface area contributed by atoms with Crippen LogP contribution in [0.25, 0.3) is 0 Å². The van der Waals surface area contributed by atoms with Gasteiger partial charge in [-0.15, -0.1) is 0 Å². The molecule has 1 rings (SSSR count). The predicted octanol–water partition coefficient (Wildman–Crippen LogP) is -0.399. The van der Waals surface area contributed by atoms with E-state index in [1.54, 1.807) is 0 Å². The van der Waals surface area contributed by atoms with Gasteiger partial charge in [0.1, 0.15) is 0 Å². The van der Waals surface area contributed by atoms with Gasteiger partial charge in [0.2, 0.25) is 0 Å². The summed E-state index contributed by atoms with van der Waals surface area (Å²) in [6.07, 6.45) is 0. The van der Waals surface area contributed by atoms with Crippen LogP contribution in [-0.2, 0) is 18.3 Å². The molecule has 11 heavy (non-hydrogen) atoms. The Morgan fingerprint density at radius 1 is 0.636 bits per heavy atom. The quantitative estimate of drug-likeness (QED) is 0.471. The molecular formula is C6H12O4Si. The Morgan fingerprint density at radius 3 is 1.64 bits per heavy atom. The minimum atomic E-state index is 0.120. The van der Waals surface area contributed by atoms with Crippen LogP contribution in [0.15, 0.2) is 0 Å². The summed E-state index contributed by atoms with van der Waals surface area (Å²) in [4.78, 5) is 0. The highest BCUT2D eigenvalue weighted by Crippen LogP contribution is 1.84. The Kier molecular flexibility index (Phi) is 5.61. The van der Waals surface area contributed by atoms with Crippen LogP contribution in [-0.4, -0.2) is 49.6 Å². The van der Waals surface area contributed by atoms with Crippen molar-refractivity contribution < 1.29 is 18.3 Å². The van der Waals surface area contributed by atoms with Crippen molar-refractivity contribution in [2.24, 2.45) is 0 Å². The number of hydrogen-bond donors (Lipinski definition) is 0. The first-order chi connectivity index (χ1) is 5.50. The third-order valence-electron chi connectivity index (χ3n) is 1.15. The third kappa shape index (κ3) is 5.34. The zero-order valence-corrected chi connectivity index (χ0v) is 7.38. The van der Waals surface area contributed by atoms with Gasteiger partial charge in [-0.2, -0.15) is 0 Å². The molecule has 0 unspecified atom stereocenters. The van der Waals surface area contributed by atoms with Crippen molar-refractivity contribution in [1.82, 2.24) is 0 Å². The van der Waals surface area contributed by atoms with E-state index in [1.807, 2.05) is 0 Å². The fourth-order valence-electron chi connectivity index (χ4n) is 0.648. The summed E-state index contributed by atoms with van der Waals surface area (Å²) in [5, 5.41) is 0. The molecule has 2 radical (unpaired) electrons. The average Bonchev–Trinajstić information content (AvgIpc) is 2.08. The maximum atomic E-state index is 5.16. The summed E-state index contributed by atoms with van der Waals surface area (Å²) in [6.45, 7) is 3.76. The first kappa shape index (κ1) is 9.15. The monoisotopic (exact) mass is 176 g/mol. The lowest BCUT2D eigenvalue weighted by Gasteiger charge is -2.01. The summed E-state index contributed by atoms with van der Waals surface area (Å²) in [6, 6.07) is 0. The molecule has 0 spiro atoms. The van der Waals surface area contributed by atoms with Gasteiger partial charge in [-0.25, -0.2) is 0 Å². The summed E-state index contributed by atoms with van der Waals surface area (Å²) in [5.74, 6) is 0. The van der Waals surface area contributed by atoms with Gasteiger partial charge < -0.3 is 18.3 Å². The van der Waals surface area contributed by atoms with Gasteiger partial charge in [0.05, 0.1) is 39.6 Å². The highest BCUT2D eigenvalue weighted by Gasteiger charge is 1.97. The van der Waals surface area contributed by atoms with Gasteiger partial charge in [0.25, 0.3) is 0 Å². The second kappa shape index (κ2) is 6.75. The molecule has 0 N–H and O–H groups in total. The molecule has 0 aliphatic carbocycles. The molecule has 0 aromatic carbocycles. The maximum absolute atomic E-state index is 5.16. The average molecular weight is 176 g/mol. The predicted molar refractivity (Wildman–Crippen MR) is 39.3 cm³/mol. The van der Waals surface area contributed by atoms with Gasteiger partial charge in [0, 0.05) is 0 Å². The third-order valence-corrected chi connectivity index (χ3v) is 1.79. The molecule has 1 aliphatic rings. The Morgan fingerprint density at radius 2 is 1.09 bits per heavy atom. The van der Waals surface area contributed by atoms with E-state index >= 15 is 0 Å². The maximum Gasteiger partial charge on any atom is 0.433 e. The molecule has 0 aromatic rings. The van der Waals surface area contributed by atoms with Crippen molar-refractivity contribution in [1.29, 1.82) is 0 Å². The van der Waals surface area contributed by atoms with Crippen molar-refractivity contribution in [3.63, 3.8) is 0 Å². The molecule has 64 valence electrons. The van der Waals surface area contributed by atoms with Crippen LogP contribution >= 0.6 is 0 Å². The Labute approximate surface area is 68.8 Å². The van der Waals surface area contributed by atoms with Gasteiger partial charge in [-0.1, -0.05) is 0 Å². The lowest BCUT2D eigenvalue weighted by Crippen LogP contribution is -2.10. The number of rotatable bonds is 0. The Bertz CT molecular complexity index is 52.6. The molecule has 0 amide bonds. The zero-order chi connectivity index (χ0) is 7.78. The lowest BCUT2D eigenvalue weighted by atomic mass is 10.7. The first-order valence-corrected chi connectivity index (χ1v) is 4.46. The van der Waals surface area contributed by atoms with Crippen LogP contribution in [0.2, 0.25) is 0 Å². The molecule has 4 nitrogen and oxygen atoms in total. The number of hydrogen-bond acceptors (Lipinski definition) is 4. The molecule has 1 aliphatic heterocycles. The van der Waals surface area contributed by atoms with E-state index in [9.17, 15) is 0 Å². The van der Waals surface area contributed by atoms with Crippen LogP contribution in [0.4, 0.5) is 0 Å². The molecule has 0 saturated carbocycles. The van der Waals surface area contributed by atoms with Crippen molar-refractivity contribution >= 4 is 10.0 Å². The largest absolute Gasteiger partial charge is 0.433 e. The molecule has 1 fully saturated rings. The highest BCUT2D eigenvalue weighted by molar-refractivity contribution is 6.17. The fourth-order valence-corrected chi connectivity index (χ4v) is 1.06.